The van der Waals surface area contributed by atoms with Crippen molar-refractivity contribution >= 4 is 22.8 Å². The fraction of sp³-hybridized carbons (Fsp3) is 0.591. The average Bonchev–Trinajstić information content (AvgIpc) is 2.80. The minimum absolute atomic E-state index is 0.403. The van der Waals surface area contributed by atoms with Crippen LogP contribution in [0.25, 0.3) is 10.9 Å². The van der Waals surface area contributed by atoms with E-state index in [-0.39, 0.29) is 0 Å². The van der Waals surface area contributed by atoms with Gasteiger partial charge in [-0.15, -0.1) is 0 Å². The van der Waals surface area contributed by atoms with Crippen molar-refractivity contribution in [3.63, 3.8) is 0 Å². The Balaban J connectivity index is 1.55. The van der Waals surface area contributed by atoms with Gasteiger partial charge in [0.1, 0.15) is 17.5 Å². The molecule has 4 heterocycles. The lowest BCUT2D eigenvalue weighted by molar-refractivity contribution is -0.0627. The summed E-state index contributed by atoms with van der Waals surface area (Å²) in [4.78, 5) is 16.3. The maximum atomic E-state index is 6.97. The lowest BCUT2D eigenvalue weighted by Crippen LogP contribution is -2.59. The molecule has 4 bridgehead atoms. The zero-order valence-electron chi connectivity index (χ0n) is 16.3. The van der Waals surface area contributed by atoms with Crippen LogP contribution in [0.3, 0.4) is 0 Å². The zero-order chi connectivity index (χ0) is 18.3. The van der Waals surface area contributed by atoms with Gasteiger partial charge in [0.15, 0.2) is 5.75 Å². The SMILES string of the molecule is Cc1c2c(c3ncncc3c1C)N=CC1(O2)C2CC3CC(CC(C3)N1C)C2. The summed E-state index contributed by atoms with van der Waals surface area (Å²) in [6.07, 6.45) is 12.2. The van der Waals surface area contributed by atoms with E-state index in [1.165, 1.54) is 43.2 Å². The van der Waals surface area contributed by atoms with Gasteiger partial charge in [0, 0.05) is 23.5 Å². The van der Waals surface area contributed by atoms with Crippen LogP contribution in [-0.2, 0) is 0 Å². The summed E-state index contributed by atoms with van der Waals surface area (Å²) in [5.74, 6) is 3.17. The summed E-state index contributed by atoms with van der Waals surface area (Å²) in [6, 6.07) is 0.610. The predicted octanol–water partition coefficient (Wildman–Crippen LogP) is 4.18. The number of benzene rings is 1. The van der Waals surface area contributed by atoms with E-state index in [1.54, 1.807) is 6.33 Å². The molecule has 2 aliphatic carbocycles. The highest BCUT2D eigenvalue weighted by Gasteiger charge is 2.56. The van der Waals surface area contributed by atoms with Crippen LogP contribution in [0.2, 0.25) is 0 Å². The van der Waals surface area contributed by atoms with Crippen molar-refractivity contribution in [1.29, 1.82) is 0 Å². The monoisotopic (exact) mass is 362 g/mol. The Morgan fingerprint density at radius 3 is 2.63 bits per heavy atom. The molecule has 5 aliphatic rings. The molecule has 2 saturated heterocycles. The van der Waals surface area contributed by atoms with Gasteiger partial charge in [-0.1, -0.05) is 0 Å². The highest BCUT2D eigenvalue weighted by Crippen LogP contribution is 2.55. The van der Waals surface area contributed by atoms with Gasteiger partial charge in [0.05, 0.1) is 6.21 Å². The summed E-state index contributed by atoms with van der Waals surface area (Å²) in [7, 11) is 2.26. The number of hydrogen-bond acceptors (Lipinski definition) is 5. The van der Waals surface area contributed by atoms with Crippen LogP contribution >= 0.6 is 0 Å². The van der Waals surface area contributed by atoms with Crippen molar-refractivity contribution in [1.82, 2.24) is 14.9 Å². The fourth-order valence-corrected chi connectivity index (χ4v) is 6.44. The van der Waals surface area contributed by atoms with Crippen LogP contribution in [0.4, 0.5) is 5.69 Å². The topological polar surface area (TPSA) is 50.6 Å². The molecule has 5 nitrogen and oxygen atoms in total. The van der Waals surface area contributed by atoms with Gasteiger partial charge in [0.25, 0.3) is 0 Å². The quantitative estimate of drug-likeness (QED) is 0.705. The maximum absolute atomic E-state index is 6.97. The lowest BCUT2D eigenvalue weighted by Gasteiger charge is -2.46. The van der Waals surface area contributed by atoms with Crippen LogP contribution < -0.4 is 4.74 Å². The molecule has 1 spiro atoms. The molecule has 3 aliphatic heterocycles. The smallest absolute Gasteiger partial charge is 0.202 e. The first kappa shape index (κ1) is 16.0. The Morgan fingerprint density at radius 2 is 1.85 bits per heavy atom. The van der Waals surface area contributed by atoms with Crippen molar-refractivity contribution in [2.45, 2.75) is 57.7 Å². The fourth-order valence-electron chi connectivity index (χ4n) is 6.44. The molecular formula is C22H26N4O. The summed E-state index contributed by atoms with van der Waals surface area (Å²) < 4.78 is 6.97. The van der Waals surface area contributed by atoms with Crippen molar-refractivity contribution in [3.8, 4) is 5.75 Å². The first-order chi connectivity index (χ1) is 13.1. The van der Waals surface area contributed by atoms with Gasteiger partial charge < -0.3 is 4.74 Å². The first-order valence-electron chi connectivity index (χ1n) is 10.3. The van der Waals surface area contributed by atoms with E-state index >= 15 is 0 Å². The molecule has 5 heteroatoms. The molecule has 140 valence electrons. The maximum Gasteiger partial charge on any atom is 0.202 e. The third kappa shape index (κ3) is 2.01. The molecule has 1 aromatic carbocycles. The Kier molecular flexibility index (Phi) is 3.13. The van der Waals surface area contributed by atoms with E-state index in [1.807, 2.05) is 6.20 Å². The summed E-state index contributed by atoms with van der Waals surface area (Å²) in [6.45, 7) is 4.29. The molecule has 0 radical (unpaired) electrons. The van der Waals surface area contributed by atoms with Crippen molar-refractivity contribution in [2.75, 3.05) is 7.05 Å². The minimum atomic E-state index is -0.403. The third-order valence-corrected chi connectivity index (χ3v) is 7.90. The second kappa shape index (κ2) is 5.28. The van der Waals surface area contributed by atoms with Gasteiger partial charge in [-0.25, -0.2) is 15.0 Å². The van der Waals surface area contributed by atoms with E-state index in [0.29, 0.717) is 12.0 Å². The lowest BCUT2D eigenvalue weighted by atomic mass is 9.67. The van der Waals surface area contributed by atoms with Crippen molar-refractivity contribution in [2.24, 2.45) is 22.7 Å². The van der Waals surface area contributed by atoms with Crippen LogP contribution in [0, 0.1) is 31.6 Å². The Bertz CT molecular complexity index is 972. The molecule has 0 amide bonds. The molecule has 4 fully saturated rings. The molecule has 7 rings (SSSR count). The van der Waals surface area contributed by atoms with Gasteiger partial charge >= 0.3 is 0 Å². The van der Waals surface area contributed by atoms with Crippen LogP contribution in [0.1, 0.15) is 43.2 Å². The van der Waals surface area contributed by atoms with E-state index < -0.39 is 5.72 Å². The number of aromatic nitrogens is 2. The van der Waals surface area contributed by atoms with Gasteiger partial charge in [-0.2, -0.15) is 0 Å². The van der Waals surface area contributed by atoms with Crippen molar-refractivity contribution in [3.05, 3.63) is 23.7 Å². The Labute approximate surface area is 159 Å². The van der Waals surface area contributed by atoms with Crippen molar-refractivity contribution < 1.29 is 4.74 Å². The zero-order valence-corrected chi connectivity index (χ0v) is 16.3. The van der Waals surface area contributed by atoms with E-state index in [4.69, 9.17) is 9.73 Å². The largest absolute Gasteiger partial charge is 0.464 e. The molecule has 3 atom stereocenters. The minimum Gasteiger partial charge on any atom is -0.464 e. The Hall–Kier alpha value is -2.01. The van der Waals surface area contributed by atoms with E-state index in [0.717, 1.165) is 34.2 Å². The Morgan fingerprint density at radius 1 is 1.07 bits per heavy atom. The van der Waals surface area contributed by atoms with Gasteiger partial charge in [-0.05, 0) is 76.0 Å². The van der Waals surface area contributed by atoms with E-state index in [9.17, 15) is 0 Å². The number of aryl methyl sites for hydroxylation is 1. The van der Waals surface area contributed by atoms with Crippen LogP contribution in [0.15, 0.2) is 17.5 Å². The normalized spacial score (nSPS) is 36.9. The predicted molar refractivity (Wildman–Crippen MR) is 106 cm³/mol. The number of ether oxygens (including phenoxy) is 1. The molecular weight excluding hydrogens is 336 g/mol. The number of rotatable bonds is 0. The van der Waals surface area contributed by atoms with Gasteiger partial charge in [0.2, 0.25) is 5.72 Å². The molecule has 2 aromatic rings. The molecule has 1 aromatic heterocycles. The highest BCUT2D eigenvalue weighted by atomic mass is 16.5. The average molecular weight is 362 g/mol. The third-order valence-electron chi connectivity index (χ3n) is 7.90. The summed E-state index contributed by atoms with van der Waals surface area (Å²) >= 11 is 0. The number of nitrogens with zero attached hydrogens (tertiary/aromatic N) is 4. The molecule has 3 unspecified atom stereocenters. The molecule has 27 heavy (non-hydrogen) atoms. The molecule has 0 N–H and O–H groups in total. The second-order valence-corrected chi connectivity index (χ2v) is 9.20. The number of aliphatic imine (C=N–C) groups is 1. The highest BCUT2D eigenvalue weighted by molar-refractivity contribution is 5.98. The number of hydrogen-bond donors (Lipinski definition) is 0. The molecule has 2 saturated carbocycles. The van der Waals surface area contributed by atoms with Crippen LogP contribution in [-0.4, -0.2) is 39.9 Å². The summed E-state index contributed by atoms with van der Waals surface area (Å²) in [5, 5.41) is 1.07. The second-order valence-electron chi connectivity index (χ2n) is 9.20. The first-order valence-corrected chi connectivity index (χ1v) is 10.3. The standard InChI is InChI=1S/C22H26N4O/c1-12-13(2)21-20(19-18(12)9-23-11-25-19)24-10-22(27-21)16-5-14-4-15(6-16)8-17(7-14)26(22)3/h9-11,14-17H,4-8H2,1-3H3. The van der Waals surface area contributed by atoms with Crippen LogP contribution in [0.5, 0.6) is 5.75 Å². The summed E-state index contributed by atoms with van der Waals surface area (Å²) in [5.41, 5.74) is 3.73. The van der Waals surface area contributed by atoms with Gasteiger partial charge in [-0.3, -0.25) is 4.90 Å². The number of fused-ring (bicyclic) bond motifs is 3. The van der Waals surface area contributed by atoms with E-state index in [2.05, 4.69) is 42.0 Å².